The number of amides is 1. The Balaban J connectivity index is 1.54. The Kier molecular flexibility index (Phi) is 5.21. The second-order valence-electron chi connectivity index (χ2n) is 7.02. The van der Waals surface area contributed by atoms with Gasteiger partial charge in [-0.2, -0.15) is 0 Å². The van der Waals surface area contributed by atoms with Crippen molar-refractivity contribution in [2.45, 2.75) is 32.9 Å². The van der Waals surface area contributed by atoms with Crippen LogP contribution in [0.3, 0.4) is 0 Å². The molecule has 3 heterocycles. The van der Waals surface area contributed by atoms with Crippen LogP contribution in [-0.4, -0.2) is 42.4 Å². The van der Waals surface area contributed by atoms with Crippen LogP contribution in [0.5, 0.6) is 0 Å². The molecule has 30 heavy (non-hydrogen) atoms. The molecule has 154 valence electrons. The third-order valence-electron chi connectivity index (χ3n) is 4.80. The number of aromatic nitrogens is 5. The molecule has 0 aromatic carbocycles. The van der Waals surface area contributed by atoms with E-state index in [-0.39, 0.29) is 23.9 Å². The fourth-order valence-corrected chi connectivity index (χ4v) is 2.92. The maximum absolute atomic E-state index is 13.1. The zero-order valence-corrected chi connectivity index (χ0v) is 16.5. The number of hydrogen-bond donors (Lipinski definition) is 2. The molecule has 0 spiro atoms. The molecule has 0 bridgehead atoms. The van der Waals surface area contributed by atoms with Gasteiger partial charge in [0.2, 0.25) is 11.9 Å². The lowest BCUT2D eigenvalue weighted by Gasteiger charge is -2.12. The van der Waals surface area contributed by atoms with Crippen molar-refractivity contribution < 1.29 is 14.0 Å². The van der Waals surface area contributed by atoms with Crippen molar-refractivity contribution >= 4 is 29.1 Å². The fourth-order valence-electron chi connectivity index (χ4n) is 2.92. The lowest BCUT2D eigenvalue weighted by molar-refractivity contribution is -0.117. The third-order valence-corrected chi connectivity index (χ3v) is 4.80. The van der Waals surface area contributed by atoms with E-state index in [9.17, 15) is 14.0 Å². The smallest absolute Gasteiger partial charge is 0.231 e. The number of alkyl halides is 1. The summed E-state index contributed by atoms with van der Waals surface area (Å²) >= 11 is 0. The number of carbonyl (C=O) groups is 2. The van der Waals surface area contributed by atoms with Crippen LogP contribution in [0.15, 0.2) is 37.1 Å². The van der Waals surface area contributed by atoms with Crippen LogP contribution in [0.2, 0.25) is 0 Å². The van der Waals surface area contributed by atoms with Crippen molar-refractivity contribution in [3.05, 3.63) is 48.3 Å². The van der Waals surface area contributed by atoms with E-state index in [1.165, 1.54) is 6.33 Å². The van der Waals surface area contributed by atoms with Gasteiger partial charge in [-0.15, -0.1) is 0 Å². The van der Waals surface area contributed by atoms with Crippen molar-refractivity contribution in [1.29, 1.82) is 0 Å². The van der Waals surface area contributed by atoms with Gasteiger partial charge in [0.15, 0.2) is 5.78 Å². The van der Waals surface area contributed by atoms with Crippen LogP contribution in [0.1, 0.15) is 35.8 Å². The lowest BCUT2D eigenvalue weighted by Crippen LogP contribution is -2.16. The van der Waals surface area contributed by atoms with Crippen LogP contribution in [0.25, 0.3) is 5.82 Å². The summed E-state index contributed by atoms with van der Waals surface area (Å²) in [6.07, 6.45) is 5.76. The Bertz CT molecular complexity index is 1110. The summed E-state index contributed by atoms with van der Waals surface area (Å²) in [5, 5.41) is 5.79. The molecule has 9 nitrogen and oxygen atoms in total. The number of rotatable bonds is 7. The first-order valence-electron chi connectivity index (χ1n) is 9.53. The largest absolute Gasteiger partial charge is 0.324 e. The molecule has 1 amide bonds. The van der Waals surface area contributed by atoms with Crippen LogP contribution in [-0.2, 0) is 4.79 Å². The number of carbonyl (C=O) groups excluding carboxylic acids is 2. The minimum atomic E-state index is -1.08. The second-order valence-corrected chi connectivity index (χ2v) is 7.02. The molecule has 3 aromatic heterocycles. The highest BCUT2D eigenvalue weighted by molar-refractivity contribution is 5.94. The zero-order valence-electron chi connectivity index (χ0n) is 16.5. The molecule has 0 unspecified atom stereocenters. The summed E-state index contributed by atoms with van der Waals surface area (Å²) < 4.78 is 14.8. The average molecular weight is 409 g/mol. The number of aryl methyl sites for hydroxylation is 1. The molecule has 2 N–H and O–H groups in total. The fraction of sp³-hybridized carbons (Fsp3) is 0.300. The number of nitrogens with zero attached hydrogens (tertiary/aromatic N) is 5. The molecular formula is C20H20FN7O2. The number of halogens is 1. The first-order valence-corrected chi connectivity index (χ1v) is 9.53. The molecule has 10 heteroatoms. The van der Waals surface area contributed by atoms with E-state index in [1.807, 2.05) is 6.92 Å². The van der Waals surface area contributed by atoms with Gasteiger partial charge in [0.25, 0.3) is 0 Å². The molecule has 2 atom stereocenters. The van der Waals surface area contributed by atoms with Crippen molar-refractivity contribution in [2.75, 3.05) is 10.6 Å². The topological polar surface area (TPSA) is 115 Å². The Labute approximate surface area is 171 Å². The van der Waals surface area contributed by atoms with Crippen molar-refractivity contribution in [3.8, 4) is 5.82 Å². The van der Waals surface area contributed by atoms with Gasteiger partial charge >= 0.3 is 0 Å². The minimum Gasteiger partial charge on any atom is -0.324 e. The molecule has 1 aliphatic carbocycles. The molecular weight excluding hydrogens is 389 g/mol. The number of ketones is 1. The number of hydrogen-bond acceptors (Lipinski definition) is 7. The van der Waals surface area contributed by atoms with Crippen LogP contribution in [0.4, 0.5) is 21.8 Å². The predicted octanol–water partition coefficient (Wildman–Crippen LogP) is 3.00. The van der Waals surface area contributed by atoms with Crippen molar-refractivity contribution in [3.63, 3.8) is 0 Å². The molecule has 3 aromatic rings. The highest BCUT2D eigenvalue weighted by Crippen LogP contribution is 2.34. The van der Waals surface area contributed by atoms with E-state index in [0.29, 0.717) is 29.6 Å². The number of nitrogens with one attached hydrogen (secondary N) is 2. The van der Waals surface area contributed by atoms with Gasteiger partial charge < -0.3 is 10.6 Å². The van der Waals surface area contributed by atoms with Gasteiger partial charge in [-0.25, -0.2) is 19.3 Å². The summed E-state index contributed by atoms with van der Waals surface area (Å²) in [5.41, 5.74) is 1.96. The van der Waals surface area contributed by atoms with Gasteiger partial charge in [0, 0.05) is 24.9 Å². The summed E-state index contributed by atoms with van der Waals surface area (Å²) in [6.45, 7) is 3.67. The predicted molar refractivity (Wildman–Crippen MR) is 108 cm³/mol. The first-order chi connectivity index (χ1) is 14.5. The third kappa shape index (κ3) is 4.02. The first kappa shape index (κ1) is 19.6. The minimum absolute atomic E-state index is 0.0213. The van der Waals surface area contributed by atoms with E-state index in [4.69, 9.17) is 0 Å². The molecule has 1 fully saturated rings. The number of anilines is 3. The maximum atomic E-state index is 13.1. The number of Topliss-reactive ketones (excluding diaryl/α,β-unsaturated/α-hetero) is 1. The van der Waals surface area contributed by atoms with E-state index in [1.54, 1.807) is 42.2 Å². The number of pyridine rings is 1. The molecule has 1 aliphatic rings. The van der Waals surface area contributed by atoms with Crippen molar-refractivity contribution in [1.82, 2.24) is 24.5 Å². The number of imidazole rings is 1. The lowest BCUT2D eigenvalue weighted by atomic mass is 10.1. The summed E-state index contributed by atoms with van der Waals surface area (Å²) in [4.78, 5) is 40.6. The van der Waals surface area contributed by atoms with E-state index < -0.39 is 12.1 Å². The second kappa shape index (κ2) is 7.97. The summed E-state index contributed by atoms with van der Waals surface area (Å²) in [5.74, 6) is 0.204. The normalized spacial score (nSPS) is 17.4. The van der Waals surface area contributed by atoms with Gasteiger partial charge in [-0.3, -0.25) is 19.1 Å². The SMILES string of the molecule is CCC(=O)c1cc(C)c(Nc2nccn2-c2cc(NC(=O)[C@@H]3C[C@@H]3F)ncn2)cn1. The Morgan fingerprint density at radius 2 is 2.03 bits per heavy atom. The van der Waals surface area contributed by atoms with Gasteiger partial charge in [-0.05, 0) is 25.0 Å². The van der Waals surface area contributed by atoms with Crippen molar-refractivity contribution in [2.24, 2.45) is 5.92 Å². The van der Waals surface area contributed by atoms with Gasteiger partial charge in [-0.1, -0.05) is 6.92 Å². The van der Waals surface area contributed by atoms with E-state index in [0.717, 1.165) is 5.56 Å². The summed E-state index contributed by atoms with van der Waals surface area (Å²) in [6, 6.07) is 3.31. The maximum Gasteiger partial charge on any atom is 0.231 e. The Morgan fingerprint density at radius 1 is 1.23 bits per heavy atom. The highest BCUT2D eigenvalue weighted by Gasteiger charge is 2.43. The van der Waals surface area contributed by atoms with E-state index in [2.05, 4.69) is 30.6 Å². The molecule has 0 saturated heterocycles. The Hall–Kier alpha value is -3.69. The van der Waals surface area contributed by atoms with Gasteiger partial charge in [0.1, 0.15) is 29.8 Å². The standard InChI is InChI=1S/C20H20FN7O2/c1-3-16(29)14-6-11(2)15(9-23-14)26-20-22-4-5-28(20)18-8-17(24-10-25-18)27-19(30)12-7-13(12)21/h4-6,8-10,12-13H,3,7H2,1-2H3,(H,22,26)(H,24,25,27,30)/t12-,13+/m1/s1. The molecule has 4 rings (SSSR count). The highest BCUT2D eigenvalue weighted by atomic mass is 19.1. The molecule has 0 aliphatic heterocycles. The quantitative estimate of drug-likeness (QED) is 0.577. The monoisotopic (exact) mass is 409 g/mol. The van der Waals surface area contributed by atoms with Crippen LogP contribution in [0, 0.1) is 12.8 Å². The van der Waals surface area contributed by atoms with Crippen LogP contribution >= 0.6 is 0 Å². The molecule has 0 radical (unpaired) electrons. The Morgan fingerprint density at radius 3 is 2.73 bits per heavy atom. The molecule has 1 saturated carbocycles. The van der Waals surface area contributed by atoms with E-state index >= 15 is 0 Å². The zero-order chi connectivity index (χ0) is 21.3. The van der Waals surface area contributed by atoms with Gasteiger partial charge in [0.05, 0.1) is 17.8 Å². The summed E-state index contributed by atoms with van der Waals surface area (Å²) in [7, 11) is 0. The average Bonchev–Trinajstić information content (AvgIpc) is 3.30. The van der Waals surface area contributed by atoms with Crippen LogP contribution < -0.4 is 10.6 Å².